The Morgan fingerprint density at radius 1 is 1.00 bits per heavy atom. The first-order chi connectivity index (χ1) is 10.1. The quantitative estimate of drug-likeness (QED) is 0.872. The van der Waals surface area contributed by atoms with Crippen molar-refractivity contribution < 1.29 is 12.8 Å². The van der Waals surface area contributed by atoms with Gasteiger partial charge in [-0.2, -0.15) is 4.31 Å². The van der Waals surface area contributed by atoms with E-state index in [0.717, 1.165) is 18.4 Å². The van der Waals surface area contributed by atoms with Gasteiger partial charge in [-0.3, -0.25) is 0 Å². The highest BCUT2D eigenvalue weighted by Crippen LogP contribution is 2.36. The lowest BCUT2D eigenvalue weighted by molar-refractivity contribution is 0.396. The Labute approximate surface area is 124 Å². The van der Waals surface area contributed by atoms with Crippen molar-refractivity contribution in [1.82, 2.24) is 4.31 Å². The zero-order chi connectivity index (χ0) is 14.9. The van der Waals surface area contributed by atoms with Crippen LogP contribution >= 0.6 is 0 Å². The van der Waals surface area contributed by atoms with Crippen LogP contribution in [0.25, 0.3) is 0 Å². The number of nitrogens with zero attached hydrogens (tertiary/aromatic N) is 1. The highest BCUT2D eigenvalue weighted by molar-refractivity contribution is 7.89. The summed E-state index contributed by atoms with van der Waals surface area (Å²) in [6.45, 7) is 0.499. The van der Waals surface area contributed by atoms with E-state index in [0.29, 0.717) is 6.54 Å². The molecular weight excluding hydrogens is 289 g/mol. The minimum absolute atomic E-state index is 0.138. The highest BCUT2D eigenvalue weighted by Gasteiger charge is 2.35. The van der Waals surface area contributed by atoms with Crippen molar-refractivity contribution in [3.8, 4) is 0 Å². The molecule has 2 aromatic carbocycles. The lowest BCUT2D eigenvalue weighted by Gasteiger charge is -2.24. The summed E-state index contributed by atoms with van der Waals surface area (Å²) in [5.74, 6) is -0.435. The van der Waals surface area contributed by atoms with Gasteiger partial charge in [0.15, 0.2) is 0 Å². The van der Waals surface area contributed by atoms with Crippen molar-refractivity contribution in [2.75, 3.05) is 6.54 Å². The second kappa shape index (κ2) is 5.58. The molecule has 3 nitrogen and oxygen atoms in total. The Balaban J connectivity index is 1.96. The third-order valence-corrected chi connectivity index (χ3v) is 5.73. The van der Waals surface area contributed by atoms with Crippen LogP contribution in [0.5, 0.6) is 0 Å². The smallest absolute Gasteiger partial charge is 0.207 e. The largest absolute Gasteiger partial charge is 0.243 e. The molecule has 110 valence electrons. The molecule has 0 radical (unpaired) electrons. The molecule has 1 atom stereocenters. The summed E-state index contributed by atoms with van der Waals surface area (Å²) in [6, 6.07) is 14.5. The van der Waals surface area contributed by atoms with Crippen LogP contribution in [0.15, 0.2) is 59.5 Å². The zero-order valence-electron chi connectivity index (χ0n) is 11.4. The van der Waals surface area contributed by atoms with E-state index in [1.807, 2.05) is 30.3 Å². The predicted octanol–water partition coefficient (Wildman–Crippen LogP) is 3.35. The summed E-state index contributed by atoms with van der Waals surface area (Å²) in [5.41, 5.74) is 1.00. The minimum Gasteiger partial charge on any atom is -0.207 e. The first-order valence-corrected chi connectivity index (χ1v) is 8.35. The van der Waals surface area contributed by atoms with Gasteiger partial charge in [-0.05, 0) is 42.7 Å². The molecular formula is C16H16FNO2S. The maximum Gasteiger partial charge on any atom is 0.243 e. The lowest BCUT2D eigenvalue weighted by Crippen LogP contribution is -2.30. The minimum atomic E-state index is -3.59. The van der Waals surface area contributed by atoms with Crippen LogP contribution in [0.2, 0.25) is 0 Å². The average molecular weight is 305 g/mol. The third kappa shape index (κ3) is 2.71. The maximum atomic E-state index is 13.0. The van der Waals surface area contributed by atoms with E-state index < -0.39 is 15.8 Å². The monoisotopic (exact) mass is 305 g/mol. The fourth-order valence-electron chi connectivity index (χ4n) is 2.78. The van der Waals surface area contributed by atoms with Crippen molar-refractivity contribution in [2.24, 2.45) is 0 Å². The normalized spacial score (nSPS) is 19.8. The van der Waals surface area contributed by atoms with E-state index in [4.69, 9.17) is 0 Å². The molecule has 1 saturated heterocycles. The van der Waals surface area contributed by atoms with Gasteiger partial charge in [-0.1, -0.05) is 30.3 Å². The maximum absolute atomic E-state index is 13.0. The van der Waals surface area contributed by atoms with Crippen LogP contribution in [0, 0.1) is 5.82 Å². The summed E-state index contributed by atoms with van der Waals surface area (Å²) in [5, 5.41) is 0. The number of hydrogen-bond acceptors (Lipinski definition) is 2. The first-order valence-electron chi connectivity index (χ1n) is 6.91. The van der Waals surface area contributed by atoms with Crippen LogP contribution in [-0.4, -0.2) is 19.3 Å². The molecule has 2 aromatic rings. The van der Waals surface area contributed by atoms with Crippen molar-refractivity contribution in [1.29, 1.82) is 0 Å². The third-order valence-electron chi connectivity index (χ3n) is 3.81. The van der Waals surface area contributed by atoms with Gasteiger partial charge in [0.1, 0.15) is 5.82 Å². The molecule has 1 fully saturated rings. The van der Waals surface area contributed by atoms with Crippen LogP contribution in [0.3, 0.4) is 0 Å². The Morgan fingerprint density at radius 2 is 1.67 bits per heavy atom. The van der Waals surface area contributed by atoms with E-state index in [2.05, 4.69) is 0 Å². The molecule has 0 bridgehead atoms. The van der Waals surface area contributed by atoms with Crippen molar-refractivity contribution >= 4 is 10.0 Å². The molecule has 1 heterocycles. The van der Waals surface area contributed by atoms with Crippen LogP contribution in [-0.2, 0) is 10.0 Å². The van der Waals surface area contributed by atoms with Gasteiger partial charge in [0.05, 0.1) is 10.9 Å². The number of hydrogen-bond donors (Lipinski definition) is 0. The molecule has 3 rings (SSSR count). The zero-order valence-corrected chi connectivity index (χ0v) is 12.3. The fraction of sp³-hybridized carbons (Fsp3) is 0.250. The van der Waals surface area contributed by atoms with Gasteiger partial charge in [0, 0.05) is 6.54 Å². The van der Waals surface area contributed by atoms with E-state index in [9.17, 15) is 12.8 Å². The van der Waals surface area contributed by atoms with E-state index in [-0.39, 0.29) is 10.9 Å². The first kappa shape index (κ1) is 14.2. The average Bonchev–Trinajstić information content (AvgIpc) is 2.99. The predicted molar refractivity (Wildman–Crippen MR) is 78.7 cm³/mol. The summed E-state index contributed by atoms with van der Waals surface area (Å²) in [7, 11) is -3.59. The fourth-order valence-corrected chi connectivity index (χ4v) is 4.46. The molecule has 0 N–H and O–H groups in total. The number of rotatable bonds is 3. The number of sulfonamides is 1. The molecule has 5 heteroatoms. The van der Waals surface area contributed by atoms with Crippen LogP contribution < -0.4 is 0 Å². The molecule has 1 aliphatic rings. The van der Waals surface area contributed by atoms with Gasteiger partial charge < -0.3 is 0 Å². The van der Waals surface area contributed by atoms with Gasteiger partial charge >= 0.3 is 0 Å². The summed E-state index contributed by atoms with van der Waals surface area (Å²) in [6.07, 6.45) is 1.64. The lowest BCUT2D eigenvalue weighted by atomic mass is 10.1. The van der Waals surface area contributed by atoms with Crippen LogP contribution in [0.4, 0.5) is 4.39 Å². The second-order valence-corrected chi connectivity index (χ2v) is 7.03. The number of halogens is 1. The van der Waals surface area contributed by atoms with Gasteiger partial charge in [-0.25, -0.2) is 12.8 Å². The molecule has 0 saturated carbocycles. The topological polar surface area (TPSA) is 37.4 Å². The van der Waals surface area contributed by atoms with Gasteiger partial charge in [0.25, 0.3) is 0 Å². The molecule has 21 heavy (non-hydrogen) atoms. The molecule has 1 aliphatic heterocycles. The van der Waals surface area contributed by atoms with Crippen molar-refractivity contribution in [3.05, 3.63) is 66.0 Å². The highest BCUT2D eigenvalue weighted by atomic mass is 32.2. The summed E-state index contributed by atoms with van der Waals surface area (Å²) >= 11 is 0. The van der Waals surface area contributed by atoms with E-state index in [1.54, 1.807) is 0 Å². The summed E-state index contributed by atoms with van der Waals surface area (Å²) < 4.78 is 40.0. The Bertz CT molecular complexity index is 714. The van der Waals surface area contributed by atoms with Gasteiger partial charge in [-0.15, -0.1) is 0 Å². The molecule has 0 amide bonds. The van der Waals surface area contributed by atoms with E-state index in [1.165, 1.54) is 28.6 Å². The van der Waals surface area contributed by atoms with Crippen molar-refractivity contribution in [2.45, 2.75) is 23.8 Å². The number of benzene rings is 2. The summed E-state index contributed by atoms with van der Waals surface area (Å²) in [4.78, 5) is 0.145. The molecule has 0 aliphatic carbocycles. The van der Waals surface area contributed by atoms with Crippen LogP contribution in [0.1, 0.15) is 24.4 Å². The standard InChI is InChI=1S/C16H16FNO2S/c17-14-8-10-15(11-9-14)21(19,20)18-12-4-7-16(18)13-5-2-1-3-6-13/h1-3,5-6,8-11,16H,4,7,12H2. The molecule has 0 aromatic heterocycles. The molecule has 1 unspecified atom stereocenters. The van der Waals surface area contributed by atoms with Crippen molar-refractivity contribution in [3.63, 3.8) is 0 Å². The SMILES string of the molecule is O=S(=O)(c1ccc(F)cc1)N1CCCC1c1ccccc1. The Morgan fingerprint density at radius 3 is 2.33 bits per heavy atom. The molecule has 0 spiro atoms. The van der Waals surface area contributed by atoms with E-state index >= 15 is 0 Å². The van der Waals surface area contributed by atoms with Gasteiger partial charge in [0.2, 0.25) is 10.0 Å². The second-order valence-electron chi connectivity index (χ2n) is 5.14. The Hall–Kier alpha value is -1.72. The Kier molecular flexibility index (Phi) is 3.78.